The molecule has 112 valence electrons. The Hall–Kier alpha value is -1.88. The lowest BCUT2D eigenvalue weighted by atomic mass is 9.89. The summed E-state index contributed by atoms with van der Waals surface area (Å²) in [7, 11) is 0. The highest BCUT2D eigenvalue weighted by Gasteiger charge is 2.39. The van der Waals surface area contributed by atoms with Gasteiger partial charge in [0.15, 0.2) is 0 Å². The van der Waals surface area contributed by atoms with Gasteiger partial charge in [-0.05, 0) is 24.4 Å². The van der Waals surface area contributed by atoms with Gasteiger partial charge < -0.3 is 16.0 Å². The number of rotatable bonds is 3. The molecule has 0 spiro atoms. The van der Waals surface area contributed by atoms with Crippen molar-refractivity contribution < 1.29 is 9.59 Å². The minimum Gasteiger partial charge on any atom is -0.344 e. The smallest absolute Gasteiger partial charge is 0.245 e. The largest absolute Gasteiger partial charge is 0.344 e. The highest BCUT2D eigenvalue weighted by molar-refractivity contribution is 5.91. The predicted molar refractivity (Wildman–Crippen MR) is 79.5 cm³/mol. The first-order valence-corrected chi connectivity index (χ1v) is 7.52. The lowest BCUT2D eigenvalue weighted by Crippen LogP contribution is -2.43. The monoisotopic (exact) mass is 287 g/mol. The summed E-state index contributed by atoms with van der Waals surface area (Å²) >= 11 is 0. The van der Waals surface area contributed by atoms with E-state index in [1.54, 1.807) is 0 Å². The number of hydrogen-bond acceptors (Lipinski definition) is 3. The molecule has 5 heteroatoms. The summed E-state index contributed by atoms with van der Waals surface area (Å²) in [5, 5.41) is 2.76. The van der Waals surface area contributed by atoms with Crippen LogP contribution in [-0.4, -0.2) is 42.4 Å². The summed E-state index contributed by atoms with van der Waals surface area (Å²) in [5.74, 6) is 0.589. The summed E-state index contributed by atoms with van der Waals surface area (Å²) in [6.45, 7) is 1.94. The van der Waals surface area contributed by atoms with Crippen LogP contribution in [0.15, 0.2) is 30.3 Å². The van der Waals surface area contributed by atoms with E-state index in [2.05, 4.69) is 17.4 Å². The quantitative estimate of drug-likeness (QED) is 0.848. The summed E-state index contributed by atoms with van der Waals surface area (Å²) in [4.78, 5) is 25.6. The van der Waals surface area contributed by atoms with Crippen molar-refractivity contribution in [2.45, 2.75) is 24.8 Å². The first kappa shape index (κ1) is 14.1. The molecule has 21 heavy (non-hydrogen) atoms. The van der Waals surface area contributed by atoms with Gasteiger partial charge in [-0.3, -0.25) is 9.59 Å². The molecule has 0 saturated carbocycles. The molecular weight excluding hydrogens is 266 g/mol. The Bertz CT molecular complexity index is 532. The number of carbonyl (C=O) groups is 2. The summed E-state index contributed by atoms with van der Waals surface area (Å²) in [6, 6.07) is 9.88. The lowest BCUT2D eigenvalue weighted by Gasteiger charge is -2.20. The van der Waals surface area contributed by atoms with E-state index in [0.717, 1.165) is 0 Å². The van der Waals surface area contributed by atoms with Crippen molar-refractivity contribution in [3.8, 4) is 0 Å². The molecule has 2 saturated heterocycles. The predicted octanol–water partition coefficient (Wildman–Crippen LogP) is 0.466. The first-order valence-electron chi connectivity index (χ1n) is 7.52. The Balaban J connectivity index is 1.72. The van der Waals surface area contributed by atoms with Crippen LogP contribution < -0.4 is 11.1 Å². The number of nitrogens with zero attached hydrogens (tertiary/aromatic N) is 1. The number of hydrogen-bond donors (Lipinski definition) is 2. The zero-order valence-corrected chi connectivity index (χ0v) is 12.0. The van der Waals surface area contributed by atoms with Gasteiger partial charge in [-0.15, -0.1) is 0 Å². The van der Waals surface area contributed by atoms with Crippen LogP contribution in [0, 0.1) is 5.92 Å². The number of carbonyl (C=O) groups excluding carboxylic acids is 2. The van der Waals surface area contributed by atoms with E-state index >= 15 is 0 Å². The zero-order chi connectivity index (χ0) is 14.8. The molecule has 0 bridgehead atoms. The summed E-state index contributed by atoms with van der Waals surface area (Å²) < 4.78 is 0. The molecule has 2 heterocycles. The number of nitrogens with one attached hydrogen (secondary N) is 1. The fourth-order valence-corrected chi connectivity index (χ4v) is 3.39. The molecule has 2 aliphatic heterocycles. The summed E-state index contributed by atoms with van der Waals surface area (Å²) in [6.07, 6.45) is 1.06. The zero-order valence-electron chi connectivity index (χ0n) is 12.0. The average molecular weight is 287 g/mol. The van der Waals surface area contributed by atoms with E-state index in [-0.39, 0.29) is 29.7 Å². The molecule has 2 fully saturated rings. The molecular formula is C16H21N3O2. The van der Waals surface area contributed by atoms with E-state index < -0.39 is 0 Å². The average Bonchev–Trinajstić information content (AvgIpc) is 3.13. The number of amides is 2. The Labute approximate surface area is 124 Å². The van der Waals surface area contributed by atoms with Gasteiger partial charge in [0.25, 0.3) is 0 Å². The minimum atomic E-state index is -0.342. The maximum absolute atomic E-state index is 12.5. The molecule has 2 aliphatic rings. The van der Waals surface area contributed by atoms with Crippen LogP contribution in [0.1, 0.15) is 24.3 Å². The second-order valence-electron chi connectivity index (χ2n) is 5.91. The van der Waals surface area contributed by atoms with Crippen LogP contribution in [0.25, 0.3) is 0 Å². The minimum absolute atomic E-state index is 0.0254. The molecule has 3 atom stereocenters. The standard InChI is InChI=1S/C16H21N3O2/c17-8-12-9-19(16(21)14-6-7-15(20)18-14)10-13(12)11-4-2-1-3-5-11/h1-5,12-14H,6-10,17H2,(H,18,20)/t12-,13+,14-/m1/s1. The van der Waals surface area contributed by atoms with Crippen molar-refractivity contribution in [1.29, 1.82) is 0 Å². The Kier molecular flexibility index (Phi) is 3.92. The first-order chi connectivity index (χ1) is 10.2. The van der Waals surface area contributed by atoms with Gasteiger partial charge in [-0.25, -0.2) is 0 Å². The third-order valence-corrected chi connectivity index (χ3v) is 4.58. The molecule has 0 radical (unpaired) electrons. The third kappa shape index (κ3) is 2.78. The van der Waals surface area contributed by atoms with E-state index in [0.29, 0.717) is 32.5 Å². The van der Waals surface area contributed by atoms with Gasteiger partial charge in [0.1, 0.15) is 6.04 Å². The van der Waals surface area contributed by atoms with Gasteiger partial charge >= 0.3 is 0 Å². The van der Waals surface area contributed by atoms with E-state index in [1.807, 2.05) is 23.1 Å². The number of nitrogens with two attached hydrogens (primary N) is 1. The lowest BCUT2D eigenvalue weighted by molar-refractivity contribution is -0.133. The molecule has 0 unspecified atom stereocenters. The third-order valence-electron chi connectivity index (χ3n) is 4.58. The normalized spacial score (nSPS) is 28.7. The maximum Gasteiger partial charge on any atom is 0.245 e. The van der Waals surface area contributed by atoms with E-state index in [9.17, 15) is 9.59 Å². The number of likely N-dealkylation sites (tertiary alicyclic amines) is 1. The molecule has 2 amide bonds. The SMILES string of the molecule is NC[C@@H]1CN(C(=O)[C@H]2CCC(=O)N2)C[C@H]1c1ccccc1. The van der Waals surface area contributed by atoms with Gasteiger partial charge in [0.2, 0.25) is 11.8 Å². The van der Waals surface area contributed by atoms with Crippen LogP contribution in [0.3, 0.4) is 0 Å². The van der Waals surface area contributed by atoms with Crippen molar-refractivity contribution >= 4 is 11.8 Å². The number of benzene rings is 1. The Morgan fingerprint density at radius 2 is 2.05 bits per heavy atom. The van der Waals surface area contributed by atoms with E-state index in [4.69, 9.17) is 5.73 Å². The van der Waals surface area contributed by atoms with E-state index in [1.165, 1.54) is 5.56 Å². The fourth-order valence-electron chi connectivity index (χ4n) is 3.39. The maximum atomic E-state index is 12.5. The van der Waals surface area contributed by atoms with Crippen molar-refractivity contribution in [1.82, 2.24) is 10.2 Å². The molecule has 3 rings (SSSR count). The van der Waals surface area contributed by atoms with Gasteiger partial charge in [0.05, 0.1) is 0 Å². The summed E-state index contributed by atoms with van der Waals surface area (Å²) in [5.41, 5.74) is 7.13. The molecule has 1 aromatic carbocycles. The highest BCUT2D eigenvalue weighted by atomic mass is 16.2. The van der Waals surface area contributed by atoms with Gasteiger partial charge in [-0.1, -0.05) is 30.3 Å². The Morgan fingerprint density at radius 3 is 2.67 bits per heavy atom. The molecule has 3 N–H and O–H groups in total. The van der Waals surface area contributed by atoms with Crippen molar-refractivity contribution in [3.05, 3.63) is 35.9 Å². The van der Waals surface area contributed by atoms with Crippen molar-refractivity contribution in [2.24, 2.45) is 11.7 Å². The second-order valence-corrected chi connectivity index (χ2v) is 5.91. The van der Waals surface area contributed by atoms with Crippen LogP contribution in [0.2, 0.25) is 0 Å². The molecule has 5 nitrogen and oxygen atoms in total. The Morgan fingerprint density at radius 1 is 1.29 bits per heavy atom. The molecule has 0 aromatic heterocycles. The van der Waals surface area contributed by atoms with Gasteiger partial charge in [-0.2, -0.15) is 0 Å². The molecule has 1 aromatic rings. The van der Waals surface area contributed by atoms with Crippen LogP contribution in [0.4, 0.5) is 0 Å². The molecule has 0 aliphatic carbocycles. The van der Waals surface area contributed by atoms with Crippen molar-refractivity contribution in [3.63, 3.8) is 0 Å². The van der Waals surface area contributed by atoms with Crippen LogP contribution >= 0.6 is 0 Å². The highest BCUT2D eigenvalue weighted by Crippen LogP contribution is 2.32. The van der Waals surface area contributed by atoms with Crippen molar-refractivity contribution in [2.75, 3.05) is 19.6 Å². The topological polar surface area (TPSA) is 75.4 Å². The fraction of sp³-hybridized carbons (Fsp3) is 0.500. The van der Waals surface area contributed by atoms with Crippen LogP contribution in [0.5, 0.6) is 0 Å². The van der Waals surface area contributed by atoms with Crippen LogP contribution in [-0.2, 0) is 9.59 Å². The van der Waals surface area contributed by atoms with Gasteiger partial charge in [0, 0.05) is 25.4 Å². The second kappa shape index (κ2) is 5.85.